The first-order chi connectivity index (χ1) is 5.83. The SMILES string of the molecule is Cc1ccc(SOOOF)cc1. The zero-order valence-electron chi connectivity index (χ0n) is 6.32. The van der Waals surface area contributed by atoms with E-state index < -0.39 is 0 Å². The molecule has 5 heteroatoms. The molecule has 0 unspecified atom stereocenters. The zero-order valence-corrected chi connectivity index (χ0v) is 7.14. The van der Waals surface area contributed by atoms with Crippen LogP contribution in [0.4, 0.5) is 4.53 Å². The molecular formula is C7H7FO3S. The highest BCUT2D eigenvalue weighted by Crippen LogP contribution is 2.19. The molecular weight excluding hydrogens is 183 g/mol. The van der Waals surface area contributed by atoms with E-state index in [4.69, 9.17) is 0 Å². The molecule has 0 radical (unpaired) electrons. The maximum atomic E-state index is 10.9. The highest BCUT2D eigenvalue weighted by molar-refractivity contribution is 7.94. The van der Waals surface area contributed by atoms with Gasteiger partial charge in [-0.05, 0) is 28.6 Å². The predicted octanol–water partition coefficient (Wildman–Crippen LogP) is 2.77. The van der Waals surface area contributed by atoms with Crippen LogP contribution in [0.5, 0.6) is 0 Å². The van der Waals surface area contributed by atoms with Gasteiger partial charge in [-0.25, -0.2) is 0 Å². The van der Waals surface area contributed by atoms with Crippen LogP contribution in [0.2, 0.25) is 0 Å². The largest absolute Gasteiger partial charge is 0.125 e. The van der Waals surface area contributed by atoms with Crippen LogP contribution in [0.1, 0.15) is 5.56 Å². The summed E-state index contributed by atoms with van der Waals surface area (Å²) in [5, 5.41) is 6.31. The lowest BCUT2D eigenvalue weighted by molar-refractivity contribution is -0.549. The summed E-state index contributed by atoms with van der Waals surface area (Å²) < 4.78 is 15.1. The molecule has 12 heavy (non-hydrogen) atoms. The number of hydrogen-bond acceptors (Lipinski definition) is 4. The van der Waals surface area contributed by atoms with Crippen LogP contribution in [-0.4, -0.2) is 0 Å². The van der Waals surface area contributed by atoms with E-state index in [2.05, 4.69) is 14.5 Å². The molecule has 0 aromatic heterocycles. The molecule has 0 N–H and O–H groups in total. The van der Waals surface area contributed by atoms with Crippen molar-refractivity contribution in [1.82, 2.24) is 0 Å². The fourth-order valence-corrected chi connectivity index (χ4v) is 1.03. The maximum absolute atomic E-state index is 10.9. The molecule has 0 aliphatic rings. The maximum Gasteiger partial charge on any atom is 0.0715 e. The van der Waals surface area contributed by atoms with Crippen LogP contribution in [0.15, 0.2) is 29.2 Å². The van der Waals surface area contributed by atoms with E-state index >= 15 is 0 Å². The van der Waals surface area contributed by atoms with Crippen molar-refractivity contribution in [2.24, 2.45) is 0 Å². The Bertz CT molecular complexity index is 227. The van der Waals surface area contributed by atoms with Gasteiger partial charge in [-0.2, -0.15) is 0 Å². The Morgan fingerprint density at radius 2 is 1.92 bits per heavy atom. The lowest BCUT2D eigenvalue weighted by Gasteiger charge is -1.97. The molecule has 0 spiro atoms. The molecule has 0 atom stereocenters. The van der Waals surface area contributed by atoms with Gasteiger partial charge in [0.25, 0.3) is 0 Å². The first-order valence-corrected chi connectivity index (χ1v) is 3.92. The van der Waals surface area contributed by atoms with Crippen LogP contribution in [0, 0.1) is 6.92 Å². The van der Waals surface area contributed by atoms with Crippen molar-refractivity contribution in [2.45, 2.75) is 11.8 Å². The van der Waals surface area contributed by atoms with E-state index in [0.29, 0.717) is 0 Å². The van der Waals surface area contributed by atoms with E-state index in [1.807, 2.05) is 31.2 Å². The van der Waals surface area contributed by atoms with Crippen molar-refractivity contribution in [3.05, 3.63) is 29.8 Å². The van der Waals surface area contributed by atoms with E-state index in [0.717, 1.165) is 22.5 Å². The Hall–Kier alpha value is -0.620. The van der Waals surface area contributed by atoms with Gasteiger partial charge in [-0.1, -0.05) is 17.7 Å². The molecule has 0 fully saturated rings. The Kier molecular flexibility index (Phi) is 4.02. The summed E-state index contributed by atoms with van der Waals surface area (Å²) in [4.78, 5) is 0.803. The molecule has 1 aromatic carbocycles. The Morgan fingerprint density at radius 1 is 1.25 bits per heavy atom. The first kappa shape index (κ1) is 9.47. The number of halogens is 1. The quantitative estimate of drug-likeness (QED) is 0.316. The summed E-state index contributed by atoms with van der Waals surface area (Å²) in [6, 6.07) is 7.45. The van der Waals surface area contributed by atoms with E-state index in [-0.39, 0.29) is 0 Å². The summed E-state index contributed by atoms with van der Waals surface area (Å²) in [5.74, 6) is 0. The summed E-state index contributed by atoms with van der Waals surface area (Å²) in [7, 11) is 0. The van der Waals surface area contributed by atoms with Crippen LogP contribution in [0.25, 0.3) is 0 Å². The second-order valence-electron chi connectivity index (χ2n) is 2.10. The van der Waals surface area contributed by atoms with Crippen molar-refractivity contribution >= 4 is 12.0 Å². The molecule has 0 amide bonds. The average Bonchev–Trinajstić information content (AvgIpc) is 2.09. The third kappa shape index (κ3) is 3.19. The molecule has 0 heterocycles. The minimum atomic E-state index is 0.803. The van der Waals surface area contributed by atoms with Gasteiger partial charge in [0.1, 0.15) is 0 Å². The van der Waals surface area contributed by atoms with Crippen molar-refractivity contribution in [3.8, 4) is 0 Å². The normalized spacial score (nSPS) is 10.2. The number of rotatable bonds is 4. The molecule has 0 saturated heterocycles. The fourth-order valence-electron chi connectivity index (χ4n) is 0.657. The van der Waals surface area contributed by atoms with Gasteiger partial charge in [-0.3, -0.25) is 0 Å². The minimum absolute atomic E-state index is 0.803. The third-order valence-corrected chi connectivity index (χ3v) is 1.79. The fraction of sp³-hybridized carbons (Fsp3) is 0.143. The lowest BCUT2D eigenvalue weighted by atomic mass is 10.2. The Balaban J connectivity index is 2.37. The molecule has 66 valence electrons. The van der Waals surface area contributed by atoms with Crippen LogP contribution in [-0.2, 0) is 14.5 Å². The van der Waals surface area contributed by atoms with Crippen molar-refractivity contribution in [3.63, 3.8) is 0 Å². The number of benzene rings is 1. The zero-order chi connectivity index (χ0) is 8.81. The summed E-state index contributed by atoms with van der Waals surface area (Å²) >= 11 is 0.866. The van der Waals surface area contributed by atoms with Gasteiger partial charge in [0.05, 0.1) is 12.0 Å². The smallest absolute Gasteiger partial charge is 0.0715 e. The molecule has 1 rings (SSSR count). The molecule has 1 aromatic rings. The van der Waals surface area contributed by atoms with Crippen molar-refractivity contribution in [1.29, 1.82) is 0 Å². The lowest BCUT2D eigenvalue weighted by Crippen LogP contribution is -1.81. The number of aryl methyl sites for hydroxylation is 1. The van der Waals surface area contributed by atoms with Gasteiger partial charge in [0, 0.05) is 9.99 Å². The molecule has 0 aliphatic carbocycles. The predicted molar refractivity (Wildman–Crippen MR) is 41.4 cm³/mol. The second-order valence-corrected chi connectivity index (χ2v) is 2.87. The van der Waals surface area contributed by atoms with E-state index in [1.54, 1.807) is 0 Å². The van der Waals surface area contributed by atoms with Crippen LogP contribution >= 0.6 is 12.0 Å². The summed E-state index contributed by atoms with van der Waals surface area (Å²) in [5.41, 5.74) is 1.14. The minimum Gasteiger partial charge on any atom is -0.125 e. The van der Waals surface area contributed by atoms with Crippen LogP contribution < -0.4 is 0 Å². The Morgan fingerprint density at radius 3 is 2.50 bits per heavy atom. The second kappa shape index (κ2) is 5.10. The highest BCUT2D eigenvalue weighted by atomic mass is 32.2. The molecule has 0 bridgehead atoms. The van der Waals surface area contributed by atoms with Crippen molar-refractivity contribution < 1.29 is 19.0 Å². The molecule has 0 aliphatic heterocycles. The standard InChI is InChI=1S/C7H7FO3S/c1-6-2-4-7(5-3-6)12-11-10-9-8/h2-5H,1H3. The van der Waals surface area contributed by atoms with E-state index in [9.17, 15) is 4.53 Å². The van der Waals surface area contributed by atoms with Crippen LogP contribution in [0.3, 0.4) is 0 Å². The Labute approximate surface area is 73.4 Å². The van der Waals surface area contributed by atoms with Gasteiger partial charge < -0.3 is 0 Å². The highest BCUT2D eigenvalue weighted by Gasteiger charge is 1.95. The average molecular weight is 190 g/mol. The van der Waals surface area contributed by atoms with Crippen molar-refractivity contribution in [2.75, 3.05) is 0 Å². The van der Waals surface area contributed by atoms with Gasteiger partial charge >= 0.3 is 0 Å². The third-order valence-electron chi connectivity index (χ3n) is 1.20. The summed E-state index contributed by atoms with van der Waals surface area (Å²) in [6.45, 7) is 1.97. The topological polar surface area (TPSA) is 27.7 Å². The van der Waals surface area contributed by atoms with Gasteiger partial charge in [0.15, 0.2) is 0 Å². The first-order valence-electron chi connectivity index (χ1n) is 3.18. The molecule has 3 nitrogen and oxygen atoms in total. The summed E-state index contributed by atoms with van der Waals surface area (Å²) in [6.07, 6.45) is 0. The monoisotopic (exact) mass is 190 g/mol. The van der Waals surface area contributed by atoms with Gasteiger partial charge in [0.2, 0.25) is 0 Å². The van der Waals surface area contributed by atoms with E-state index in [1.165, 1.54) is 0 Å². The van der Waals surface area contributed by atoms with Gasteiger partial charge in [-0.15, -0.1) is 4.33 Å². The number of hydrogen-bond donors (Lipinski definition) is 0. The molecule has 0 saturated carbocycles.